The molecule has 1 amide bonds. The number of nitrogens with one attached hydrogen (secondary N) is 1. The first-order valence-electron chi connectivity index (χ1n) is 8.40. The van der Waals surface area contributed by atoms with Crippen molar-refractivity contribution in [2.45, 2.75) is 51.2 Å². The van der Waals surface area contributed by atoms with Crippen molar-refractivity contribution in [2.75, 3.05) is 11.4 Å². The predicted octanol–water partition coefficient (Wildman–Crippen LogP) is 1.60. The lowest BCUT2D eigenvalue weighted by Gasteiger charge is -2.33. The first kappa shape index (κ1) is 20.2. The van der Waals surface area contributed by atoms with Crippen LogP contribution < -0.4 is 14.4 Å². The normalized spacial score (nSPS) is 19.2. The van der Waals surface area contributed by atoms with Crippen LogP contribution in [-0.2, 0) is 19.6 Å². The zero-order valence-corrected chi connectivity index (χ0v) is 16.0. The van der Waals surface area contributed by atoms with Crippen LogP contribution in [0.15, 0.2) is 23.1 Å². The standard InChI is InChI=1S/C17H24N2O6S/c1-5-10(2)16(17(21)22)18-26(23,24)13-6-7-15-14(8-13)19(12(4)20)9-11(3)25-15/h6-8,10-11,16,18H,5,9H2,1-4H3,(H,21,22). The summed E-state index contributed by atoms with van der Waals surface area (Å²) < 4.78 is 33.3. The molecule has 0 saturated carbocycles. The number of carbonyl (C=O) groups excluding carboxylic acids is 1. The summed E-state index contributed by atoms with van der Waals surface area (Å²) in [6.45, 7) is 6.97. The molecule has 2 rings (SSSR count). The molecule has 1 aliphatic rings. The van der Waals surface area contributed by atoms with Gasteiger partial charge in [0.25, 0.3) is 0 Å². The monoisotopic (exact) mass is 384 g/mol. The minimum atomic E-state index is -4.08. The molecular formula is C17H24N2O6S. The van der Waals surface area contributed by atoms with Crippen LogP contribution in [0.25, 0.3) is 0 Å². The molecule has 0 aromatic heterocycles. The van der Waals surface area contributed by atoms with E-state index in [0.29, 0.717) is 24.4 Å². The number of sulfonamides is 1. The fourth-order valence-corrected chi connectivity index (χ4v) is 4.08. The third kappa shape index (κ3) is 4.16. The Morgan fingerprint density at radius 3 is 2.62 bits per heavy atom. The molecule has 8 nitrogen and oxygen atoms in total. The molecule has 9 heteroatoms. The van der Waals surface area contributed by atoms with Gasteiger partial charge in [0, 0.05) is 6.92 Å². The lowest BCUT2D eigenvalue weighted by Crippen LogP contribution is -2.45. The molecule has 26 heavy (non-hydrogen) atoms. The highest BCUT2D eigenvalue weighted by Crippen LogP contribution is 2.35. The third-order valence-corrected chi connectivity index (χ3v) is 5.88. The molecule has 0 radical (unpaired) electrons. The van der Waals surface area contributed by atoms with Crippen molar-refractivity contribution in [2.24, 2.45) is 5.92 Å². The number of hydrogen-bond acceptors (Lipinski definition) is 5. The fourth-order valence-electron chi connectivity index (χ4n) is 2.76. The summed E-state index contributed by atoms with van der Waals surface area (Å²) in [4.78, 5) is 24.6. The van der Waals surface area contributed by atoms with Crippen molar-refractivity contribution in [3.05, 3.63) is 18.2 Å². The minimum absolute atomic E-state index is 0.116. The van der Waals surface area contributed by atoms with E-state index in [9.17, 15) is 23.1 Å². The molecule has 1 aliphatic heterocycles. The molecule has 3 atom stereocenters. The number of amides is 1. The Morgan fingerprint density at radius 1 is 1.42 bits per heavy atom. The van der Waals surface area contributed by atoms with Crippen molar-refractivity contribution in [3.63, 3.8) is 0 Å². The van der Waals surface area contributed by atoms with Gasteiger partial charge in [0.15, 0.2) is 0 Å². The van der Waals surface area contributed by atoms with Gasteiger partial charge in [-0.15, -0.1) is 0 Å². The number of nitrogens with zero attached hydrogens (tertiary/aromatic N) is 1. The van der Waals surface area contributed by atoms with E-state index in [2.05, 4.69) is 4.72 Å². The van der Waals surface area contributed by atoms with Crippen molar-refractivity contribution >= 4 is 27.6 Å². The van der Waals surface area contributed by atoms with E-state index >= 15 is 0 Å². The lowest BCUT2D eigenvalue weighted by atomic mass is 10.0. The highest BCUT2D eigenvalue weighted by Gasteiger charge is 2.32. The number of rotatable bonds is 6. The Hall–Kier alpha value is -2.13. The van der Waals surface area contributed by atoms with Crippen molar-refractivity contribution in [1.29, 1.82) is 0 Å². The minimum Gasteiger partial charge on any atom is -0.487 e. The molecule has 0 aliphatic carbocycles. The molecule has 1 heterocycles. The SMILES string of the molecule is CCC(C)C(NS(=O)(=O)c1ccc2c(c1)N(C(C)=O)CC(C)O2)C(=O)O. The van der Waals surface area contributed by atoms with Crippen LogP contribution in [-0.4, -0.2) is 44.1 Å². The van der Waals surface area contributed by atoms with Crippen molar-refractivity contribution < 1.29 is 27.9 Å². The van der Waals surface area contributed by atoms with Gasteiger partial charge >= 0.3 is 5.97 Å². The average molecular weight is 384 g/mol. The maximum absolute atomic E-state index is 12.7. The molecule has 3 unspecified atom stereocenters. The number of fused-ring (bicyclic) bond motifs is 1. The maximum Gasteiger partial charge on any atom is 0.322 e. The summed E-state index contributed by atoms with van der Waals surface area (Å²) in [6, 6.07) is 2.92. The van der Waals surface area contributed by atoms with E-state index in [-0.39, 0.29) is 22.8 Å². The van der Waals surface area contributed by atoms with Gasteiger partial charge in [-0.05, 0) is 31.0 Å². The Labute approximate surface area is 153 Å². The molecule has 0 fully saturated rings. The Bertz CT molecular complexity index is 807. The van der Waals surface area contributed by atoms with Gasteiger partial charge < -0.3 is 14.7 Å². The number of hydrogen-bond donors (Lipinski definition) is 2. The van der Waals surface area contributed by atoms with Gasteiger partial charge in [0.1, 0.15) is 17.9 Å². The van der Waals surface area contributed by atoms with Crippen LogP contribution in [0, 0.1) is 5.92 Å². The second-order valence-corrected chi connectivity index (χ2v) is 8.22. The fraction of sp³-hybridized carbons (Fsp3) is 0.529. The van der Waals surface area contributed by atoms with Crippen LogP contribution in [0.4, 0.5) is 5.69 Å². The van der Waals surface area contributed by atoms with Crippen molar-refractivity contribution in [3.8, 4) is 5.75 Å². The summed E-state index contributed by atoms with van der Waals surface area (Å²) >= 11 is 0. The summed E-state index contributed by atoms with van der Waals surface area (Å²) in [7, 11) is -4.08. The molecule has 0 bridgehead atoms. The van der Waals surface area contributed by atoms with E-state index in [1.54, 1.807) is 13.8 Å². The largest absolute Gasteiger partial charge is 0.487 e. The highest BCUT2D eigenvalue weighted by atomic mass is 32.2. The second-order valence-electron chi connectivity index (χ2n) is 6.51. The van der Waals surface area contributed by atoms with Crippen LogP contribution in [0.2, 0.25) is 0 Å². The molecule has 1 aromatic rings. The van der Waals surface area contributed by atoms with Crippen LogP contribution in [0.3, 0.4) is 0 Å². The zero-order valence-electron chi connectivity index (χ0n) is 15.2. The molecule has 2 N–H and O–H groups in total. The first-order chi connectivity index (χ1) is 12.1. The zero-order chi connectivity index (χ0) is 19.6. The topological polar surface area (TPSA) is 113 Å². The van der Waals surface area contributed by atoms with Gasteiger partial charge in [0.2, 0.25) is 15.9 Å². The second kappa shape index (κ2) is 7.63. The first-order valence-corrected chi connectivity index (χ1v) is 9.89. The summed E-state index contributed by atoms with van der Waals surface area (Å²) in [5.74, 6) is -1.43. The predicted molar refractivity (Wildman–Crippen MR) is 95.8 cm³/mol. The highest BCUT2D eigenvalue weighted by molar-refractivity contribution is 7.89. The molecular weight excluding hydrogens is 360 g/mol. The molecule has 144 valence electrons. The van der Waals surface area contributed by atoms with Gasteiger partial charge in [0.05, 0.1) is 17.1 Å². The number of carbonyl (C=O) groups is 2. The molecule has 0 saturated heterocycles. The molecule has 0 spiro atoms. The Morgan fingerprint density at radius 2 is 2.08 bits per heavy atom. The molecule has 1 aromatic carbocycles. The van der Waals surface area contributed by atoms with Crippen LogP contribution >= 0.6 is 0 Å². The average Bonchev–Trinajstić information content (AvgIpc) is 2.57. The van der Waals surface area contributed by atoms with Crippen LogP contribution in [0.1, 0.15) is 34.1 Å². The number of anilines is 1. The van der Waals surface area contributed by atoms with Gasteiger partial charge in [-0.2, -0.15) is 4.72 Å². The van der Waals surface area contributed by atoms with Gasteiger partial charge in [-0.1, -0.05) is 20.3 Å². The summed E-state index contributed by atoms with van der Waals surface area (Å²) in [5, 5.41) is 9.32. The number of ether oxygens (including phenoxy) is 1. The quantitative estimate of drug-likeness (QED) is 0.770. The lowest BCUT2D eigenvalue weighted by molar-refractivity contribution is -0.140. The van der Waals surface area contributed by atoms with Crippen molar-refractivity contribution in [1.82, 2.24) is 4.72 Å². The number of benzene rings is 1. The van der Waals surface area contributed by atoms with Gasteiger partial charge in [-0.25, -0.2) is 8.42 Å². The van der Waals surface area contributed by atoms with E-state index in [1.807, 2.05) is 6.92 Å². The van der Waals surface area contributed by atoms with Gasteiger partial charge in [-0.3, -0.25) is 9.59 Å². The van der Waals surface area contributed by atoms with E-state index in [1.165, 1.54) is 30.0 Å². The van der Waals surface area contributed by atoms with Crippen LogP contribution in [0.5, 0.6) is 5.75 Å². The smallest absolute Gasteiger partial charge is 0.322 e. The number of carboxylic acid groups (broad SMARTS) is 1. The van der Waals surface area contributed by atoms with E-state index in [0.717, 1.165) is 0 Å². The number of aliphatic carboxylic acids is 1. The summed E-state index contributed by atoms with van der Waals surface area (Å²) in [6.07, 6.45) is 0.293. The number of carboxylic acids is 1. The maximum atomic E-state index is 12.7. The third-order valence-electron chi connectivity index (χ3n) is 4.44. The Balaban J connectivity index is 2.41. The van der Waals surface area contributed by atoms with E-state index < -0.39 is 22.0 Å². The Kier molecular flexibility index (Phi) is 5.92. The van der Waals surface area contributed by atoms with E-state index in [4.69, 9.17) is 4.74 Å². The summed E-state index contributed by atoms with van der Waals surface area (Å²) in [5.41, 5.74) is 0.355.